The van der Waals surface area contributed by atoms with Crippen molar-refractivity contribution in [1.29, 1.82) is 0 Å². The summed E-state index contributed by atoms with van der Waals surface area (Å²) >= 11 is 0. The van der Waals surface area contributed by atoms with Gasteiger partial charge >= 0.3 is 0 Å². The van der Waals surface area contributed by atoms with E-state index in [0.717, 1.165) is 28.8 Å². The fourth-order valence-corrected chi connectivity index (χ4v) is 6.17. The maximum atomic E-state index is 13.3. The van der Waals surface area contributed by atoms with Crippen molar-refractivity contribution in [2.45, 2.75) is 29.8 Å². The van der Waals surface area contributed by atoms with Crippen LogP contribution in [-0.4, -0.2) is 24.7 Å². The first-order valence-corrected chi connectivity index (χ1v) is 12.6. The van der Waals surface area contributed by atoms with E-state index in [-0.39, 0.29) is 28.5 Å². The van der Waals surface area contributed by atoms with Crippen LogP contribution in [0.15, 0.2) is 89.8 Å². The van der Waals surface area contributed by atoms with Crippen molar-refractivity contribution in [3.8, 4) is 0 Å². The Kier molecular flexibility index (Phi) is 5.71. The monoisotopic (exact) mass is 475 g/mol. The van der Waals surface area contributed by atoms with Crippen molar-refractivity contribution in [2.24, 2.45) is 5.92 Å². The molecule has 34 heavy (non-hydrogen) atoms. The molecule has 174 valence electrons. The quantitative estimate of drug-likeness (QED) is 0.299. The summed E-state index contributed by atoms with van der Waals surface area (Å²) in [5, 5.41) is 14.6. The third-order valence-electron chi connectivity index (χ3n) is 6.75. The maximum absolute atomic E-state index is 13.3. The number of fused-ring (bicyclic) bond motifs is 3. The van der Waals surface area contributed by atoms with E-state index in [2.05, 4.69) is 17.5 Å². The van der Waals surface area contributed by atoms with Crippen molar-refractivity contribution in [2.75, 3.05) is 12.4 Å². The normalized spacial score (nSPS) is 21.1. The number of allylic oxidation sites excluding steroid dienone is 2. The van der Waals surface area contributed by atoms with Gasteiger partial charge in [0.1, 0.15) is 0 Å². The molecule has 0 aromatic heterocycles. The van der Waals surface area contributed by atoms with Gasteiger partial charge in [-0.15, -0.1) is 0 Å². The van der Waals surface area contributed by atoms with Crippen LogP contribution in [0.5, 0.6) is 0 Å². The largest absolute Gasteiger partial charge is 0.378 e. The number of nitrogens with zero attached hydrogens (tertiary/aromatic N) is 2. The first kappa shape index (κ1) is 22.3. The summed E-state index contributed by atoms with van der Waals surface area (Å²) in [6, 6.07) is 21.4. The van der Waals surface area contributed by atoms with Gasteiger partial charge in [0.25, 0.3) is 5.69 Å². The summed E-state index contributed by atoms with van der Waals surface area (Å²) in [6.45, 7) is 0.298. The van der Waals surface area contributed by atoms with Crippen LogP contribution in [-0.2, 0) is 16.6 Å². The Balaban J connectivity index is 1.45. The molecule has 0 saturated carbocycles. The highest BCUT2D eigenvalue weighted by Crippen LogP contribution is 2.50. The zero-order valence-corrected chi connectivity index (χ0v) is 19.5. The number of nitro groups is 1. The molecule has 0 saturated heterocycles. The van der Waals surface area contributed by atoms with Crippen LogP contribution in [0, 0.1) is 16.0 Å². The Labute approximate surface area is 198 Å². The molecule has 3 atom stereocenters. The van der Waals surface area contributed by atoms with E-state index in [9.17, 15) is 18.5 Å². The van der Waals surface area contributed by atoms with Crippen molar-refractivity contribution < 1.29 is 13.3 Å². The van der Waals surface area contributed by atoms with Gasteiger partial charge in [0, 0.05) is 37.3 Å². The Morgan fingerprint density at radius 1 is 1.06 bits per heavy atom. The number of hydrogen-bond acceptors (Lipinski definition) is 5. The molecule has 1 heterocycles. The van der Waals surface area contributed by atoms with E-state index < -0.39 is 14.9 Å². The number of non-ortho nitro benzene ring substituents is 1. The smallest absolute Gasteiger partial charge is 0.269 e. The first-order chi connectivity index (χ1) is 16.3. The second-order valence-electron chi connectivity index (χ2n) is 8.82. The lowest BCUT2D eigenvalue weighted by atomic mass is 9.77. The molecule has 2 aliphatic rings. The number of nitro benzene ring substituents is 1. The molecule has 8 heteroatoms. The second-order valence-corrected chi connectivity index (χ2v) is 10.9. The molecule has 3 aromatic carbocycles. The number of sulfonamides is 1. The first-order valence-electron chi connectivity index (χ1n) is 11.2. The third kappa shape index (κ3) is 3.99. The highest BCUT2D eigenvalue weighted by Gasteiger charge is 2.38. The summed E-state index contributed by atoms with van der Waals surface area (Å²) in [5.41, 5.74) is 3.83. The van der Waals surface area contributed by atoms with Crippen molar-refractivity contribution in [1.82, 2.24) is 4.31 Å². The molecule has 3 unspecified atom stereocenters. The fourth-order valence-electron chi connectivity index (χ4n) is 4.97. The van der Waals surface area contributed by atoms with E-state index in [0.29, 0.717) is 6.54 Å². The van der Waals surface area contributed by atoms with Gasteiger partial charge in [-0.05, 0) is 47.2 Å². The average Bonchev–Trinajstić information content (AvgIpc) is 3.34. The summed E-state index contributed by atoms with van der Waals surface area (Å²) in [6.07, 6.45) is 5.13. The molecule has 1 N–H and O–H groups in total. The van der Waals surface area contributed by atoms with E-state index in [1.54, 1.807) is 31.3 Å². The van der Waals surface area contributed by atoms with E-state index in [1.807, 2.05) is 36.4 Å². The van der Waals surface area contributed by atoms with Crippen molar-refractivity contribution in [3.63, 3.8) is 0 Å². The number of benzene rings is 3. The molecule has 1 aliphatic heterocycles. The molecular formula is C26H25N3O4S. The Bertz CT molecular complexity index is 1350. The average molecular weight is 476 g/mol. The number of nitrogens with one attached hydrogen (secondary N) is 1. The van der Waals surface area contributed by atoms with Crippen LogP contribution in [0.25, 0.3) is 0 Å². The zero-order chi connectivity index (χ0) is 23.9. The number of rotatable bonds is 6. The number of hydrogen-bond donors (Lipinski definition) is 1. The van der Waals surface area contributed by atoms with E-state index >= 15 is 0 Å². The molecule has 0 fully saturated rings. The lowest BCUT2D eigenvalue weighted by Crippen LogP contribution is -2.30. The molecular weight excluding hydrogens is 450 g/mol. The van der Waals surface area contributed by atoms with Gasteiger partial charge in [0.05, 0.1) is 15.9 Å². The maximum Gasteiger partial charge on any atom is 0.269 e. The summed E-state index contributed by atoms with van der Waals surface area (Å²) in [7, 11) is -2.06. The minimum absolute atomic E-state index is 0.0171. The van der Waals surface area contributed by atoms with Gasteiger partial charge in [-0.25, -0.2) is 8.42 Å². The van der Waals surface area contributed by atoms with Crippen molar-refractivity contribution >= 4 is 21.4 Å². The van der Waals surface area contributed by atoms with Crippen LogP contribution in [0.2, 0.25) is 0 Å². The minimum Gasteiger partial charge on any atom is -0.378 e. The summed E-state index contributed by atoms with van der Waals surface area (Å²) in [4.78, 5) is 10.9. The zero-order valence-electron chi connectivity index (χ0n) is 18.7. The lowest BCUT2D eigenvalue weighted by molar-refractivity contribution is -0.384. The van der Waals surface area contributed by atoms with Gasteiger partial charge in [0.15, 0.2) is 0 Å². The minimum atomic E-state index is -3.66. The molecule has 3 aromatic rings. The van der Waals surface area contributed by atoms with Gasteiger partial charge in [-0.2, -0.15) is 4.31 Å². The summed E-state index contributed by atoms with van der Waals surface area (Å²) in [5.74, 6) is 0.278. The highest BCUT2D eigenvalue weighted by molar-refractivity contribution is 7.89. The standard InChI is InChI=1S/C26H25N3O4S/c1-28(17-18-6-3-2-4-7-18)34(32,33)21-14-15-25-24(16-21)22-8-5-9-23(22)26(27-25)19-10-12-20(13-11-19)29(30)31/h2-8,10-16,22-23,26-27H,9,17H2,1H3. The molecule has 0 bridgehead atoms. The van der Waals surface area contributed by atoms with Crippen LogP contribution in [0.1, 0.15) is 35.1 Å². The van der Waals surface area contributed by atoms with Crippen LogP contribution < -0.4 is 5.32 Å². The fraction of sp³-hybridized carbons (Fsp3) is 0.231. The highest BCUT2D eigenvalue weighted by atomic mass is 32.2. The Morgan fingerprint density at radius 2 is 1.79 bits per heavy atom. The predicted octanol–water partition coefficient (Wildman–Crippen LogP) is 5.24. The molecule has 5 rings (SSSR count). The molecule has 0 spiro atoms. The lowest BCUT2D eigenvalue weighted by Gasteiger charge is -2.37. The van der Waals surface area contributed by atoms with E-state index in [4.69, 9.17) is 0 Å². The number of anilines is 1. The Hall–Kier alpha value is -3.49. The topological polar surface area (TPSA) is 92.5 Å². The second kappa shape index (κ2) is 8.70. The van der Waals surface area contributed by atoms with Crippen LogP contribution in [0.4, 0.5) is 11.4 Å². The van der Waals surface area contributed by atoms with Gasteiger partial charge < -0.3 is 5.32 Å². The SMILES string of the molecule is CN(Cc1ccccc1)S(=O)(=O)c1ccc2c(c1)C1C=CCC1C(c1ccc([N+](=O)[O-])cc1)N2. The van der Waals surface area contributed by atoms with Gasteiger partial charge in [0.2, 0.25) is 10.0 Å². The summed E-state index contributed by atoms with van der Waals surface area (Å²) < 4.78 is 28.0. The molecule has 7 nitrogen and oxygen atoms in total. The third-order valence-corrected chi connectivity index (χ3v) is 8.55. The molecule has 0 amide bonds. The molecule has 1 aliphatic carbocycles. The van der Waals surface area contributed by atoms with Gasteiger partial charge in [-0.3, -0.25) is 10.1 Å². The van der Waals surface area contributed by atoms with Crippen molar-refractivity contribution in [3.05, 3.63) is 112 Å². The predicted molar refractivity (Wildman–Crippen MR) is 131 cm³/mol. The van der Waals surface area contributed by atoms with Crippen LogP contribution >= 0.6 is 0 Å². The van der Waals surface area contributed by atoms with Crippen LogP contribution in [0.3, 0.4) is 0 Å². The van der Waals surface area contributed by atoms with Gasteiger partial charge in [-0.1, -0.05) is 54.6 Å². The van der Waals surface area contributed by atoms with E-state index in [1.165, 1.54) is 16.4 Å². The molecule has 0 radical (unpaired) electrons. The Morgan fingerprint density at radius 3 is 2.50 bits per heavy atom.